The number of amides is 1. The molecule has 1 aliphatic rings. The van der Waals surface area contributed by atoms with Crippen molar-refractivity contribution in [3.05, 3.63) is 36.0 Å². The van der Waals surface area contributed by atoms with Crippen LogP contribution in [-0.4, -0.2) is 25.0 Å². The van der Waals surface area contributed by atoms with E-state index in [2.05, 4.69) is 23.6 Å². The number of para-hydroxylation sites is 1. The maximum absolute atomic E-state index is 11.9. The highest BCUT2D eigenvalue weighted by atomic mass is 35.5. The molecular formula is C14H22Cl2N4O. The summed E-state index contributed by atoms with van der Waals surface area (Å²) in [5.41, 5.74) is 14.9. The summed E-state index contributed by atoms with van der Waals surface area (Å²) in [5, 5.41) is 3.74. The molecule has 21 heavy (non-hydrogen) atoms. The number of carbonyl (C=O) groups is 1. The largest absolute Gasteiger partial charge is 1.00 e. The number of hydrogen-bond acceptors (Lipinski definition) is 3. The molecule has 0 bridgehead atoms. The van der Waals surface area contributed by atoms with Gasteiger partial charge in [0.25, 0.3) is 0 Å². The zero-order valence-electron chi connectivity index (χ0n) is 11.8. The Morgan fingerprint density at radius 2 is 2.00 bits per heavy atom. The number of quaternary nitrogens is 2. The average Bonchev–Trinajstić information content (AvgIpc) is 2.82. The van der Waals surface area contributed by atoms with Gasteiger partial charge in [-0.25, -0.2) is 4.79 Å². The molecule has 1 aliphatic heterocycles. The standard InChI is InChI=1S/C14H20N4O.2ClH/c15-6-3-7-17-14(19)12(16)8-10-9-18-13-5-2-1-4-11(10)13;;/h1-2,4-5,9,12,18H,3,6-8,15-16H2,(H,17,19);2*1H/t12-;;/m1../s1. The predicted molar refractivity (Wildman–Crippen MR) is 74.1 cm³/mol. The number of nitrogens with two attached hydrogens (primary N) is 4. The van der Waals surface area contributed by atoms with Crippen LogP contribution in [0.2, 0.25) is 0 Å². The third kappa shape index (κ3) is 5.39. The van der Waals surface area contributed by atoms with E-state index < -0.39 is 6.04 Å². The van der Waals surface area contributed by atoms with E-state index >= 15 is 0 Å². The molecule has 0 aromatic heterocycles. The first-order valence-corrected chi connectivity index (χ1v) is 6.68. The van der Waals surface area contributed by atoms with Crippen molar-refractivity contribution in [3.8, 4) is 0 Å². The Bertz CT molecular complexity index is 494. The maximum Gasteiger partial charge on any atom is 0.327 e. The van der Waals surface area contributed by atoms with Crippen LogP contribution in [0.4, 0.5) is 5.69 Å². The van der Waals surface area contributed by atoms with E-state index in [1.54, 1.807) is 5.32 Å². The van der Waals surface area contributed by atoms with Crippen molar-refractivity contribution < 1.29 is 40.2 Å². The van der Waals surface area contributed by atoms with E-state index in [0.29, 0.717) is 19.5 Å². The Balaban J connectivity index is 0.00000200. The van der Waals surface area contributed by atoms with Crippen LogP contribution in [-0.2, 0) is 4.79 Å². The molecule has 0 spiro atoms. The third-order valence-corrected chi connectivity index (χ3v) is 3.33. The molecule has 0 saturated heterocycles. The lowest BCUT2D eigenvalue weighted by Gasteiger charge is -2.08. The Labute approximate surface area is 137 Å². The number of rotatable bonds is 6. The van der Waals surface area contributed by atoms with Crippen LogP contribution in [0.5, 0.6) is 0 Å². The molecule has 8 N–H and O–H groups in total. The zero-order valence-corrected chi connectivity index (χ0v) is 13.3. The van der Waals surface area contributed by atoms with Crippen LogP contribution in [0.1, 0.15) is 18.4 Å². The number of benzene rings is 1. The highest BCUT2D eigenvalue weighted by Gasteiger charge is 2.24. The Morgan fingerprint density at radius 3 is 2.71 bits per heavy atom. The first-order valence-electron chi connectivity index (χ1n) is 6.68. The van der Waals surface area contributed by atoms with Gasteiger partial charge in [-0.2, -0.15) is 0 Å². The molecule has 1 atom stereocenters. The zero-order chi connectivity index (χ0) is 13.7. The Hall–Kier alpha value is -0.950. The molecular weight excluding hydrogens is 311 g/mol. The normalized spacial score (nSPS) is 13.5. The molecule has 2 rings (SSSR count). The summed E-state index contributed by atoms with van der Waals surface area (Å²) in [4.78, 5) is 11.9. The van der Waals surface area contributed by atoms with Gasteiger partial charge >= 0.3 is 5.91 Å². The molecule has 0 aliphatic carbocycles. The van der Waals surface area contributed by atoms with Crippen LogP contribution in [0.3, 0.4) is 0 Å². The minimum absolute atomic E-state index is 0. The monoisotopic (exact) mass is 332 g/mol. The molecule has 1 amide bonds. The molecule has 0 radical (unpaired) electrons. The minimum atomic E-state index is -0.455. The Kier molecular flexibility index (Phi) is 9.44. The molecule has 0 fully saturated rings. The molecule has 1 aromatic carbocycles. The molecule has 1 heterocycles. The summed E-state index contributed by atoms with van der Waals surface area (Å²) < 4.78 is 0. The fourth-order valence-corrected chi connectivity index (χ4v) is 2.24. The van der Waals surface area contributed by atoms with Crippen molar-refractivity contribution in [2.45, 2.75) is 18.9 Å². The van der Waals surface area contributed by atoms with Gasteiger partial charge in [0.1, 0.15) is 17.9 Å². The fourth-order valence-electron chi connectivity index (χ4n) is 2.24. The molecule has 5 nitrogen and oxygen atoms in total. The molecule has 7 heteroatoms. The smallest absolute Gasteiger partial charge is 0.327 e. The molecule has 1 aromatic rings. The topological polar surface area (TPSA) is 102 Å². The van der Waals surface area contributed by atoms with E-state index in [-0.39, 0.29) is 30.7 Å². The van der Waals surface area contributed by atoms with Crippen molar-refractivity contribution in [3.63, 3.8) is 0 Å². The summed E-state index contributed by atoms with van der Waals surface area (Å²) in [6.45, 7) is 1.32. The number of fused-ring (bicyclic) bond motifs is 1. The van der Waals surface area contributed by atoms with Crippen LogP contribution in [0.15, 0.2) is 30.5 Å². The van der Waals surface area contributed by atoms with Crippen LogP contribution in [0, 0.1) is 0 Å². The molecule has 118 valence electrons. The predicted octanol–water partition coefficient (Wildman–Crippen LogP) is -7.60. The average molecular weight is 333 g/mol. The van der Waals surface area contributed by atoms with E-state index in [9.17, 15) is 4.79 Å². The lowest BCUT2D eigenvalue weighted by molar-refractivity contribution is -0.569. The van der Waals surface area contributed by atoms with E-state index in [4.69, 9.17) is 11.5 Å². The van der Waals surface area contributed by atoms with Gasteiger partial charge in [0.15, 0.2) is 0 Å². The van der Waals surface area contributed by atoms with Gasteiger partial charge in [-0.3, -0.25) is 10.6 Å². The summed E-state index contributed by atoms with van der Waals surface area (Å²) in [5.74, 6) is 0.0127. The second-order valence-corrected chi connectivity index (χ2v) is 4.79. The summed E-state index contributed by atoms with van der Waals surface area (Å²) in [7, 11) is 0. The Morgan fingerprint density at radius 1 is 1.29 bits per heavy atom. The quantitative estimate of drug-likeness (QED) is 0.307. The van der Waals surface area contributed by atoms with Crippen molar-refractivity contribution >= 4 is 17.2 Å². The first kappa shape index (κ1) is 20.1. The lowest BCUT2D eigenvalue weighted by Crippen LogP contribution is -3.00. The van der Waals surface area contributed by atoms with Gasteiger partial charge in [0.2, 0.25) is 0 Å². The third-order valence-electron chi connectivity index (χ3n) is 3.33. The van der Waals surface area contributed by atoms with E-state index in [1.807, 2.05) is 12.1 Å². The van der Waals surface area contributed by atoms with Gasteiger partial charge in [-0.05, 0) is 12.6 Å². The first-order chi connectivity index (χ1) is 9.22. The minimum Gasteiger partial charge on any atom is -1.00 e. The lowest BCUT2D eigenvalue weighted by atomic mass is 10.00. The van der Waals surface area contributed by atoms with Crippen molar-refractivity contribution in [1.29, 1.82) is 0 Å². The number of carbonyl (C=O) groups excluding carboxylic acids is 1. The van der Waals surface area contributed by atoms with Crippen LogP contribution in [0.25, 0.3) is 5.57 Å². The van der Waals surface area contributed by atoms with Crippen molar-refractivity contribution in [1.82, 2.24) is 0 Å². The highest BCUT2D eigenvalue weighted by molar-refractivity contribution is 5.80. The van der Waals surface area contributed by atoms with E-state index in [1.165, 1.54) is 11.3 Å². The van der Waals surface area contributed by atoms with Crippen molar-refractivity contribution in [2.75, 3.05) is 13.1 Å². The van der Waals surface area contributed by atoms with Crippen LogP contribution < -0.4 is 46.9 Å². The molecule has 0 unspecified atom stereocenters. The van der Waals surface area contributed by atoms with Gasteiger partial charge in [-0.15, -0.1) is 0 Å². The second kappa shape index (κ2) is 9.89. The van der Waals surface area contributed by atoms with Crippen molar-refractivity contribution in [2.24, 2.45) is 11.5 Å². The summed E-state index contributed by atoms with van der Waals surface area (Å²) >= 11 is 0. The highest BCUT2D eigenvalue weighted by Crippen LogP contribution is 2.26. The van der Waals surface area contributed by atoms with Gasteiger partial charge in [-0.1, -0.05) is 12.1 Å². The summed E-state index contributed by atoms with van der Waals surface area (Å²) in [6.07, 6.45) is 3.47. The van der Waals surface area contributed by atoms with Gasteiger partial charge in [0.05, 0.1) is 6.54 Å². The number of halogens is 2. The fraction of sp³-hybridized carbons (Fsp3) is 0.357. The number of primary amides is 1. The molecule has 0 saturated carbocycles. The van der Waals surface area contributed by atoms with Crippen LogP contribution >= 0.6 is 0 Å². The van der Waals surface area contributed by atoms with Gasteiger partial charge < -0.3 is 36.3 Å². The maximum atomic E-state index is 11.9. The van der Waals surface area contributed by atoms with Gasteiger partial charge in [0, 0.05) is 30.0 Å². The number of hydrogen-bond donors (Lipinski definition) is 4. The summed E-state index contributed by atoms with van der Waals surface area (Å²) in [6, 6.07) is 7.70. The second-order valence-electron chi connectivity index (χ2n) is 4.79. The SMILES string of the molecule is NCCC[NH2+]C(=O)[C@H](N)CC1=C[NH2+]c2ccccc21.[Cl-].[Cl-]. The van der Waals surface area contributed by atoms with E-state index in [0.717, 1.165) is 12.0 Å².